The van der Waals surface area contributed by atoms with Crippen molar-refractivity contribution in [2.24, 2.45) is 28.1 Å². The second-order valence-electron chi connectivity index (χ2n) is 7.49. The number of unbranched alkanes of at least 4 members (excludes halogenated alkanes) is 1. The lowest BCUT2D eigenvalue weighted by Crippen LogP contribution is -2.32. The van der Waals surface area contributed by atoms with E-state index in [1.807, 2.05) is 13.8 Å². The van der Waals surface area contributed by atoms with Crippen LogP contribution in [0.5, 0.6) is 0 Å². The normalized spacial score (nSPS) is 24.2. The molecule has 0 unspecified atom stereocenters. The van der Waals surface area contributed by atoms with Gasteiger partial charge in [0.1, 0.15) is 5.84 Å². The summed E-state index contributed by atoms with van der Waals surface area (Å²) in [5.41, 5.74) is 5.49. The van der Waals surface area contributed by atoms with Crippen molar-refractivity contribution < 1.29 is 5.21 Å². The van der Waals surface area contributed by atoms with Gasteiger partial charge in [-0.05, 0) is 44.2 Å². The van der Waals surface area contributed by atoms with Gasteiger partial charge in [0, 0.05) is 5.41 Å². The van der Waals surface area contributed by atoms with Crippen LogP contribution in [0.1, 0.15) is 72.1 Å². The first-order chi connectivity index (χ1) is 9.95. The summed E-state index contributed by atoms with van der Waals surface area (Å²) in [5.74, 6) is 2.24. The van der Waals surface area contributed by atoms with Crippen LogP contribution in [-0.2, 0) is 0 Å². The van der Waals surface area contributed by atoms with E-state index in [0.717, 1.165) is 44.2 Å². The van der Waals surface area contributed by atoms with Gasteiger partial charge in [-0.15, -0.1) is 0 Å². The van der Waals surface area contributed by atoms with Gasteiger partial charge in [-0.3, -0.25) is 0 Å². The molecule has 0 saturated heterocycles. The van der Waals surface area contributed by atoms with Crippen LogP contribution in [-0.4, -0.2) is 24.1 Å². The zero-order valence-corrected chi connectivity index (χ0v) is 14.2. The average molecular weight is 297 g/mol. The molecule has 1 fully saturated rings. The molecule has 0 aromatic carbocycles. The number of hydrogen-bond donors (Lipinski definition) is 3. The predicted octanol–water partition coefficient (Wildman–Crippen LogP) is 3.74. The van der Waals surface area contributed by atoms with Crippen LogP contribution < -0.4 is 11.1 Å². The Morgan fingerprint density at radius 2 is 1.86 bits per heavy atom. The first-order valence-corrected chi connectivity index (χ1v) is 8.64. The molecule has 4 heteroatoms. The summed E-state index contributed by atoms with van der Waals surface area (Å²) in [5, 5.41) is 15.4. The van der Waals surface area contributed by atoms with E-state index in [2.05, 4.69) is 17.4 Å². The Balaban J connectivity index is 1.98. The molecule has 1 rings (SSSR count). The van der Waals surface area contributed by atoms with Crippen molar-refractivity contribution in [2.45, 2.75) is 72.1 Å². The zero-order chi connectivity index (χ0) is 15.7. The summed E-state index contributed by atoms with van der Waals surface area (Å²) in [6.07, 6.45) is 10.3. The van der Waals surface area contributed by atoms with Crippen LogP contribution >= 0.6 is 0 Å². The van der Waals surface area contributed by atoms with Gasteiger partial charge in [-0.25, -0.2) is 0 Å². The predicted molar refractivity (Wildman–Crippen MR) is 89.6 cm³/mol. The van der Waals surface area contributed by atoms with Gasteiger partial charge in [0.2, 0.25) is 0 Å². The lowest BCUT2D eigenvalue weighted by Gasteiger charge is -2.26. The largest absolute Gasteiger partial charge is 0.409 e. The van der Waals surface area contributed by atoms with Crippen molar-refractivity contribution in [1.82, 2.24) is 5.32 Å². The molecular formula is C17H35N3O. The standard InChI is InChI=1S/C17H35N3O/c1-14-6-8-15(9-7-14)10-13-19-12-5-4-11-17(2,3)16(18)20-21/h14-15,19,21H,4-13H2,1-3H3,(H2,18,20). The summed E-state index contributed by atoms with van der Waals surface area (Å²) in [6.45, 7) is 8.67. The summed E-state index contributed by atoms with van der Waals surface area (Å²) in [6, 6.07) is 0. The third kappa shape index (κ3) is 7.16. The van der Waals surface area contributed by atoms with Crippen LogP contribution in [0.4, 0.5) is 0 Å². The third-order valence-corrected chi connectivity index (χ3v) is 5.07. The molecule has 124 valence electrons. The van der Waals surface area contributed by atoms with Crippen molar-refractivity contribution in [1.29, 1.82) is 0 Å². The lowest BCUT2D eigenvalue weighted by molar-refractivity contribution is 0.275. The van der Waals surface area contributed by atoms with Gasteiger partial charge in [0.25, 0.3) is 0 Å². The maximum Gasteiger partial charge on any atom is 0.144 e. The van der Waals surface area contributed by atoms with E-state index in [1.165, 1.54) is 32.1 Å². The Kier molecular flexibility index (Phi) is 8.09. The van der Waals surface area contributed by atoms with E-state index in [1.54, 1.807) is 0 Å². The van der Waals surface area contributed by atoms with Crippen LogP contribution in [0.25, 0.3) is 0 Å². The van der Waals surface area contributed by atoms with Crippen molar-refractivity contribution in [2.75, 3.05) is 13.1 Å². The Morgan fingerprint density at radius 1 is 1.19 bits per heavy atom. The minimum atomic E-state index is -0.201. The minimum absolute atomic E-state index is 0.201. The van der Waals surface area contributed by atoms with Crippen molar-refractivity contribution in [3.63, 3.8) is 0 Å². The number of nitrogens with two attached hydrogens (primary N) is 1. The van der Waals surface area contributed by atoms with E-state index < -0.39 is 0 Å². The maximum absolute atomic E-state index is 8.73. The highest BCUT2D eigenvalue weighted by Crippen LogP contribution is 2.29. The Hall–Kier alpha value is -0.770. The molecular weight excluding hydrogens is 262 g/mol. The highest BCUT2D eigenvalue weighted by Gasteiger charge is 2.22. The molecule has 21 heavy (non-hydrogen) atoms. The minimum Gasteiger partial charge on any atom is -0.409 e. The van der Waals surface area contributed by atoms with Gasteiger partial charge in [0.15, 0.2) is 0 Å². The summed E-state index contributed by atoms with van der Waals surface area (Å²) >= 11 is 0. The van der Waals surface area contributed by atoms with Gasteiger partial charge >= 0.3 is 0 Å². The Morgan fingerprint density at radius 3 is 2.48 bits per heavy atom. The molecule has 0 aliphatic heterocycles. The first kappa shape index (κ1) is 18.3. The number of hydrogen-bond acceptors (Lipinski definition) is 3. The molecule has 0 heterocycles. The Bertz CT molecular complexity index is 307. The summed E-state index contributed by atoms with van der Waals surface area (Å²) in [7, 11) is 0. The molecule has 0 atom stereocenters. The maximum atomic E-state index is 8.73. The molecule has 0 aromatic rings. The summed E-state index contributed by atoms with van der Waals surface area (Å²) in [4.78, 5) is 0. The van der Waals surface area contributed by atoms with Gasteiger partial charge in [0.05, 0.1) is 0 Å². The second-order valence-corrected chi connectivity index (χ2v) is 7.49. The van der Waals surface area contributed by atoms with Crippen LogP contribution in [0.15, 0.2) is 5.16 Å². The molecule has 0 amide bonds. The van der Waals surface area contributed by atoms with E-state index >= 15 is 0 Å². The van der Waals surface area contributed by atoms with Crippen molar-refractivity contribution >= 4 is 5.84 Å². The highest BCUT2D eigenvalue weighted by molar-refractivity contribution is 5.85. The van der Waals surface area contributed by atoms with Crippen molar-refractivity contribution in [3.05, 3.63) is 0 Å². The molecule has 0 radical (unpaired) electrons. The van der Waals surface area contributed by atoms with E-state index in [4.69, 9.17) is 10.9 Å². The molecule has 4 N–H and O–H groups in total. The fourth-order valence-corrected chi connectivity index (χ4v) is 3.13. The Labute approximate surface area is 130 Å². The van der Waals surface area contributed by atoms with E-state index in [-0.39, 0.29) is 5.41 Å². The molecule has 1 aliphatic carbocycles. The van der Waals surface area contributed by atoms with Crippen molar-refractivity contribution in [3.8, 4) is 0 Å². The smallest absolute Gasteiger partial charge is 0.144 e. The SMILES string of the molecule is CC1CCC(CCNCCCCC(C)(C)C(N)=NO)CC1. The highest BCUT2D eigenvalue weighted by atomic mass is 16.4. The quantitative estimate of drug-likeness (QED) is 0.200. The molecule has 0 spiro atoms. The second kappa shape index (κ2) is 9.29. The molecule has 1 saturated carbocycles. The molecule has 0 aromatic heterocycles. The van der Waals surface area contributed by atoms with Crippen LogP contribution in [0, 0.1) is 17.3 Å². The number of nitrogens with zero attached hydrogens (tertiary/aromatic N) is 1. The average Bonchev–Trinajstić information content (AvgIpc) is 2.47. The topological polar surface area (TPSA) is 70.6 Å². The van der Waals surface area contributed by atoms with Crippen LogP contribution in [0.2, 0.25) is 0 Å². The fourth-order valence-electron chi connectivity index (χ4n) is 3.13. The van der Waals surface area contributed by atoms with Gasteiger partial charge in [-0.1, -0.05) is 58.0 Å². The third-order valence-electron chi connectivity index (χ3n) is 5.07. The first-order valence-electron chi connectivity index (χ1n) is 8.64. The number of oxime groups is 1. The van der Waals surface area contributed by atoms with E-state index in [0.29, 0.717) is 5.84 Å². The molecule has 4 nitrogen and oxygen atoms in total. The van der Waals surface area contributed by atoms with Crippen LogP contribution in [0.3, 0.4) is 0 Å². The molecule has 1 aliphatic rings. The van der Waals surface area contributed by atoms with Gasteiger partial charge < -0.3 is 16.3 Å². The van der Waals surface area contributed by atoms with E-state index in [9.17, 15) is 0 Å². The zero-order valence-electron chi connectivity index (χ0n) is 14.2. The lowest BCUT2D eigenvalue weighted by atomic mass is 9.81. The number of amidine groups is 1. The monoisotopic (exact) mass is 297 g/mol. The fraction of sp³-hybridized carbons (Fsp3) is 0.941. The number of nitrogens with one attached hydrogen (secondary N) is 1. The van der Waals surface area contributed by atoms with Gasteiger partial charge in [-0.2, -0.15) is 0 Å². The number of rotatable bonds is 9. The summed E-state index contributed by atoms with van der Waals surface area (Å²) < 4.78 is 0. The molecule has 0 bridgehead atoms.